The molecule has 0 bridgehead atoms. The van der Waals surface area contributed by atoms with Crippen LogP contribution in [0, 0.1) is 0 Å². The van der Waals surface area contributed by atoms with Crippen LogP contribution in [-0.4, -0.2) is 48.3 Å². The molecule has 0 aromatic heterocycles. The van der Waals surface area contributed by atoms with E-state index < -0.39 is 0 Å². The highest BCUT2D eigenvalue weighted by molar-refractivity contribution is 5.79. The predicted molar refractivity (Wildman–Crippen MR) is 99.7 cm³/mol. The van der Waals surface area contributed by atoms with Crippen LogP contribution in [0.5, 0.6) is 0 Å². The lowest BCUT2D eigenvalue weighted by Gasteiger charge is -2.46. The van der Waals surface area contributed by atoms with Crippen LogP contribution in [0.1, 0.15) is 18.0 Å². The summed E-state index contributed by atoms with van der Waals surface area (Å²) >= 11 is 0. The van der Waals surface area contributed by atoms with E-state index in [-0.39, 0.29) is 12.1 Å². The van der Waals surface area contributed by atoms with E-state index in [1.165, 1.54) is 5.69 Å². The van der Waals surface area contributed by atoms with Crippen molar-refractivity contribution in [2.45, 2.75) is 18.5 Å². The van der Waals surface area contributed by atoms with Crippen LogP contribution in [0.25, 0.3) is 0 Å². The van der Waals surface area contributed by atoms with Crippen LogP contribution in [-0.2, 0) is 0 Å². The Kier molecular flexibility index (Phi) is 4.14. The molecule has 2 aromatic carbocycles. The maximum atomic E-state index is 12.8. The molecule has 5 heteroatoms. The Morgan fingerprint density at radius 3 is 2.36 bits per heavy atom. The van der Waals surface area contributed by atoms with Gasteiger partial charge in [-0.1, -0.05) is 48.5 Å². The Balaban J connectivity index is 1.39. The Morgan fingerprint density at radius 1 is 1.04 bits per heavy atom. The smallest absolute Gasteiger partial charge is 0.341 e. The number of hydrogen-bond acceptors (Lipinski definition) is 3. The van der Waals surface area contributed by atoms with Gasteiger partial charge in [0, 0.05) is 38.5 Å². The maximum Gasteiger partial charge on any atom is 0.341 e. The van der Waals surface area contributed by atoms with E-state index >= 15 is 0 Å². The van der Waals surface area contributed by atoms with Crippen LogP contribution < -0.4 is 4.90 Å². The molecular weight excluding hydrogens is 312 g/mol. The molecule has 0 N–H and O–H groups in total. The molecule has 2 amide bonds. The number of nitrogens with zero attached hydrogens (tertiary/aromatic N) is 4. The highest BCUT2D eigenvalue weighted by atomic mass is 16.2. The van der Waals surface area contributed by atoms with Gasteiger partial charge in [-0.15, -0.1) is 0 Å². The van der Waals surface area contributed by atoms with E-state index in [0.29, 0.717) is 6.04 Å². The summed E-state index contributed by atoms with van der Waals surface area (Å²) in [5, 5.41) is 5.96. The highest BCUT2D eigenvalue weighted by Crippen LogP contribution is 2.31. The normalized spacial score (nSPS) is 19.8. The predicted octanol–water partition coefficient (Wildman–Crippen LogP) is 3.36. The summed E-state index contributed by atoms with van der Waals surface area (Å²) in [6.45, 7) is 1.47. The number of likely N-dealkylation sites (N-methyl/N-ethyl adjacent to an activating group) is 1. The molecule has 0 saturated carbocycles. The molecule has 128 valence electrons. The third-order valence-electron chi connectivity index (χ3n) is 5.05. The van der Waals surface area contributed by atoms with Crippen molar-refractivity contribution in [2.24, 2.45) is 5.10 Å². The maximum absolute atomic E-state index is 12.8. The fourth-order valence-corrected chi connectivity index (χ4v) is 3.43. The average Bonchev–Trinajstić information content (AvgIpc) is 3.11. The molecule has 5 nitrogen and oxygen atoms in total. The number of likely N-dealkylation sites (tertiary alicyclic amines) is 1. The van der Waals surface area contributed by atoms with Gasteiger partial charge < -0.3 is 9.80 Å². The van der Waals surface area contributed by atoms with Crippen molar-refractivity contribution in [1.82, 2.24) is 9.91 Å². The molecule has 1 atom stereocenters. The lowest BCUT2D eigenvalue weighted by molar-refractivity contribution is 0.106. The lowest BCUT2D eigenvalue weighted by atomic mass is 10.0. The molecule has 2 aliphatic heterocycles. The van der Waals surface area contributed by atoms with Crippen LogP contribution in [0.15, 0.2) is 65.8 Å². The van der Waals surface area contributed by atoms with Crippen molar-refractivity contribution >= 4 is 17.9 Å². The fraction of sp³-hybridized carbons (Fsp3) is 0.300. The molecular formula is C20H22N4O. The first kappa shape index (κ1) is 15.7. The molecule has 4 rings (SSSR count). The summed E-state index contributed by atoms with van der Waals surface area (Å²) < 4.78 is 0. The number of rotatable bonds is 3. The summed E-state index contributed by atoms with van der Waals surface area (Å²) in [4.78, 5) is 17.0. The number of anilines is 1. The van der Waals surface area contributed by atoms with Crippen molar-refractivity contribution < 1.29 is 4.79 Å². The second-order valence-corrected chi connectivity index (χ2v) is 6.59. The first-order valence-electron chi connectivity index (χ1n) is 8.67. The van der Waals surface area contributed by atoms with Gasteiger partial charge in [0.1, 0.15) is 0 Å². The summed E-state index contributed by atoms with van der Waals surface area (Å²) in [5.41, 5.74) is 2.31. The van der Waals surface area contributed by atoms with E-state index in [2.05, 4.69) is 41.3 Å². The standard InChI is InChI=1S/C20H22N4O/c1-22(17-10-6-3-7-11-17)18-14-23(15-18)20(25)24-19(12-13-21-24)16-8-4-2-5-9-16/h2-11,13,18-19H,12,14-15H2,1H3. The van der Waals surface area contributed by atoms with Crippen molar-refractivity contribution in [3.05, 3.63) is 66.2 Å². The van der Waals surface area contributed by atoms with Gasteiger partial charge in [-0.05, 0) is 17.7 Å². The van der Waals surface area contributed by atoms with Gasteiger partial charge in [0.05, 0.1) is 12.1 Å². The summed E-state index contributed by atoms with van der Waals surface area (Å²) in [6, 6.07) is 20.8. The third kappa shape index (κ3) is 2.97. The van der Waals surface area contributed by atoms with Gasteiger partial charge in [-0.25, -0.2) is 9.80 Å². The van der Waals surface area contributed by atoms with Gasteiger partial charge in [-0.3, -0.25) is 0 Å². The zero-order chi connectivity index (χ0) is 17.2. The molecule has 25 heavy (non-hydrogen) atoms. The second kappa shape index (κ2) is 6.59. The summed E-state index contributed by atoms with van der Waals surface area (Å²) in [5.74, 6) is 0. The van der Waals surface area contributed by atoms with Crippen LogP contribution in [0.2, 0.25) is 0 Å². The topological polar surface area (TPSA) is 39.1 Å². The van der Waals surface area contributed by atoms with E-state index in [9.17, 15) is 4.79 Å². The third-order valence-corrected chi connectivity index (χ3v) is 5.05. The number of carbonyl (C=O) groups excluding carboxylic acids is 1. The van der Waals surface area contributed by atoms with Gasteiger partial charge in [0.25, 0.3) is 0 Å². The van der Waals surface area contributed by atoms with Gasteiger partial charge >= 0.3 is 6.03 Å². The molecule has 0 radical (unpaired) electrons. The van der Waals surface area contributed by atoms with E-state index in [1.54, 1.807) is 5.01 Å². The highest BCUT2D eigenvalue weighted by Gasteiger charge is 2.39. The monoisotopic (exact) mass is 334 g/mol. The molecule has 1 saturated heterocycles. The molecule has 1 unspecified atom stereocenters. The molecule has 2 heterocycles. The minimum Gasteiger partial charge on any atom is -0.368 e. The second-order valence-electron chi connectivity index (χ2n) is 6.59. The van der Waals surface area contributed by atoms with Gasteiger partial charge in [0.2, 0.25) is 0 Å². The number of amides is 2. The Bertz CT molecular complexity index is 756. The number of carbonyl (C=O) groups is 1. The summed E-state index contributed by atoms with van der Waals surface area (Å²) in [7, 11) is 2.09. The number of para-hydroxylation sites is 1. The zero-order valence-electron chi connectivity index (χ0n) is 14.3. The summed E-state index contributed by atoms with van der Waals surface area (Å²) in [6.07, 6.45) is 2.61. The Hall–Kier alpha value is -2.82. The molecule has 1 fully saturated rings. The van der Waals surface area contributed by atoms with E-state index in [4.69, 9.17) is 0 Å². The van der Waals surface area contributed by atoms with Crippen LogP contribution in [0.4, 0.5) is 10.5 Å². The van der Waals surface area contributed by atoms with Crippen molar-refractivity contribution in [2.75, 3.05) is 25.0 Å². The first-order valence-corrected chi connectivity index (χ1v) is 8.67. The Labute approximate surface area is 148 Å². The van der Waals surface area contributed by atoms with Gasteiger partial charge in [0.15, 0.2) is 0 Å². The SMILES string of the molecule is CN(c1ccccc1)C1CN(C(=O)N2N=CCC2c2ccccc2)C1. The van der Waals surface area contributed by atoms with Crippen LogP contribution >= 0.6 is 0 Å². The lowest BCUT2D eigenvalue weighted by Crippen LogP contribution is -2.62. The van der Waals surface area contributed by atoms with Crippen molar-refractivity contribution in [3.8, 4) is 0 Å². The molecule has 2 aromatic rings. The average molecular weight is 334 g/mol. The first-order chi connectivity index (χ1) is 12.2. The number of hydrazone groups is 1. The number of hydrogen-bond donors (Lipinski definition) is 0. The van der Waals surface area contributed by atoms with Gasteiger partial charge in [-0.2, -0.15) is 5.10 Å². The molecule has 2 aliphatic rings. The molecule has 0 spiro atoms. The van der Waals surface area contributed by atoms with Crippen LogP contribution in [0.3, 0.4) is 0 Å². The van der Waals surface area contributed by atoms with Crippen molar-refractivity contribution in [3.63, 3.8) is 0 Å². The van der Waals surface area contributed by atoms with E-state index in [1.807, 2.05) is 47.5 Å². The largest absolute Gasteiger partial charge is 0.368 e. The zero-order valence-corrected chi connectivity index (χ0v) is 14.3. The molecule has 0 aliphatic carbocycles. The fourth-order valence-electron chi connectivity index (χ4n) is 3.43. The Morgan fingerprint density at radius 2 is 1.68 bits per heavy atom. The number of urea groups is 1. The minimum absolute atomic E-state index is 0.000291. The van der Waals surface area contributed by atoms with Crippen molar-refractivity contribution in [1.29, 1.82) is 0 Å². The quantitative estimate of drug-likeness (QED) is 0.863. The minimum atomic E-state index is 0.000291. The van der Waals surface area contributed by atoms with E-state index in [0.717, 1.165) is 25.1 Å². The number of benzene rings is 2.